The number of ether oxygens (including phenoxy) is 2. The smallest absolute Gasteiger partial charge is 0.355 e. The predicted molar refractivity (Wildman–Crippen MR) is 75.5 cm³/mol. The molecule has 0 aromatic carbocycles. The highest BCUT2D eigenvalue weighted by molar-refractivity contribution is 5.87. The molecule has 1 aromatic heterocycles. The number of aryl methyl sites for hydroxylation is 1. The minimum Gasteiger partial charge on any atom is -0.466 e. The Balaban J connectivity index is 2.39. The zero-order chi connectivity index (χ0) is 15.0. The molecule has 5 heteroatoms. The van der Waals surface area contributed by atoms with E-state index in [4.69, 9.17) is 9.47 Å². The van der Waals surface area contributed by atoms with Crippen molar-refractivity contribution < 1.29 is 19.1 Å². The second-order valence-corrected chi connectivity index (χ2v) is 4.80. The summed E-state index contributed by atoms with van der Waals surface area (Å²) in [6, 6.07) is 3.57. The van der Waals surface area contributed by atoms with Gasteiger partial charge in [0.05, 0.1) is 12.7 Å². The first-order valence-electron chi connectivity index (χ1n) is 7.06. The number of nitrogens with zero attached hydrogens (tertiary/aromatic N) is 1. The molecule has 0 fully saturated rings. The van der Waals surface area contributed by atoms with Gasteiger partial charge in [-0.3, -0.25) is 4.79 Å². The molecule has 0 atom stereocenters. The van der Waals surface area contributed by atoms with E-state index in [2.05, 4.69) is 0 Å². The number of aromatic nitrogens is 1. The largest absolute Gasteiger partial charge is 0.466 e. The number of unbranched alkanes of at least 4 members (excludes halogenated alkanes) is 1. The number of rotatable bonds is 8. The lowest BCUT2D eigenvalue weighted by Gasteiger charge is -2.11. The molecular weight excluding hydrogens is 258 g/mol. The summed E-state index contributed by atoms with van der Waals surface area (Å²) >= 11 is 0. The Morgan fingerprint density at radius 2 is 2.05 bits per heavy atom. The molecule has 0 unspecified atom stereocenters. The summed E-state index contributed by atoms with van der Waals surface area (Å²) < 4.78 is 11.9. The van der Waals surface area contributed by atoms with E-state index in [1.165, 1.54) is 0 Å². The fourth-order valence-electron chi connectivity index (χ4n) is 1.85. The van der Waals surface area contributed by atoms with Crippen LogP contribution in [0.4, 0.5) is 0 Å². The van der Waals surface area contributed by atoms with E-state index in [1.54, 1.807) is 13.0 Å². The third-order valence-electron chi connectivity index (χ3n) is 2.72. The second-order valence-electron chi connectivity index (χ2n) is 4.80. The van der Waals surface area contributed by atoms with E-state index in [9.17, 15) is 9.59 Å². The Hall–Kier alpha value is -1.78. The van der Waals surface area contributed by atoms with E-state index in [0.717, 1.165) is 12.8 Å². The van der Waals surface area contributed by atoms with Crippen molar-refractivity contribution in [2.24, 2.45) is 0 Å². The molecule has 0 saturated carbocycles. The molecule has 1 heterocycles. The molecule has 0 amide bonds. The maximum Gasteiger partial charge on any atom is 0.355 e. The van der Waals surface area contributed by atoms with Crippen LogP contribution in [0.2, 0.25) is 0 Å². The zero-order valence-electron chi connectivity index (χ0n) is 12.4. The van der Waals surface area contributed by atoms with Crippen LogP contribution in [0.25, 0.3) is 0 Å². The SMILES string of the molecule is CCOC(=O)CCCCn1cccc1C(=O)OC(C)C. The van der Waals surface area contributed by atoms with Crippen LogP contribution in [0.1, 0.15) is 50.5 Å². The number of hydrogen-bond donors (Lipinski definition) is 0. The summed E-state index contributed by atoms with van der Waals surface area (Å²) in [4.78, 5) is 23.0. The molecule has 0 bridgehead atoms. The first-order valence-corrected chi connectivity index (χ1v) is 7.06. The number of esters is 2. The van der Waals surface area contributed by atoms with Crippen LogP contribution < -0.4 is 0 Å². The summed E-state index contributed by atoms with van der Waals surface area (Å²) in [7, 11) is 0. The first kappa shape index (κ1) is 16.3. The molecule has 0 aliphatic heterocycles. The Bertz CT molecular complexity index is 437. The third kappa shape index (κ3) is 5.47. The first-order chi connectivity index (χ1) is 9.54. The molecule has 0 radical (unpaired) electrons. The van der Waals surface area contributed by atoms with Gasteiger partial charge < -0.3 is 14.0 Å². The molecule has 1 aromatic rings. The average Bonchev–Trinajstić information content (AvgIpc) is 2.82. The molecule has 20 heavy (non-hydrogen) atoms. The Labute approximate surface area is 119 Å². The molecule has 0 aliphatic carbocycles. The van der Waals surface area contributed by atoms with Crippen LogP contribution in [0.15, 0.2) is 18.3 Å². The van der Waals surface area contributed by atoms with Crippen molar-refractivity contribution in [2.45, 2.75) is 52.7 Å². The Morgan fingerprint density at radius 1 is 1.30 bits per heavy atom. The molecular formula is C15H23NO4. The van der Waals surface area contributed by atoms with Gasteiger partial charge in [0, 0.05) is 19.2 Å². The molecule has 0 aliphatic rings. The summed E-state index contributed by atoms with van der Waals surface area (Å²) in [6.45, 7) is 6.55. The maximum atomic E-state index is 11.8. The van der Waals surface area contributed by atoms with E-state index < -0.39 is 0 Å². The molecule has 0 N–H and O–H groups in total. The lowest BCUT2D eigenvalue weighted by Crippen LogP contribution is -2.16. The molecule has 112 valence electrons. The van der Waals surface area contributed by atoms with Gasteiger partial charge in [-0.15, -0.1) is 0 Å². The van der Waals surface area contributed by atoms with Crippen molar-refractivity contribution in [3.05, 3.63) is 24.0 Å². The maximum absolute atomic E-state index is 11.8. The normalized spacial score (nSPS) is 10.6. The summed E-state index contributed by atoms with van der Waals surface area (Å²) in [5.41, 5.74) is 0.551. The fourth-order valence-corrected chi connectivity index (χ4v) is 1.85. The summed E-state index contributed by atoms with van der Waals surface area (Å²) in [6.07, 6.45) is 3.70. The van der Waals surface area contributed by atoms with Crippen LogP contribution in [-0.2, 0) is 20.8 Å². The fraction of sp³-hybridized carbons (Fsp3) is 0.600. The Morgan fingerprint density at radius 3 is 2.70 bits per heavy atom. The zero-order valence-corrected chi connectivity index (χ0v) is 12.4. The monoisotopic (exact) mass is 281 g/mol. The van der Waals surface area contributed by atoms with Crippen molar-refractivity contribution in [3.8, 4) is 0 Å². The predicted octanol–water partition coefficient (Wildman–Crippen LogP) is 2.79. The number of hydrogen-bond acceptors (Lipinski definition) is 4. The van der Waals surface area contributed by atoms with Gasteiger partial charge in [0.25, 0.3) is 0 Å². The van der Waals surface area contributed by atoms with E-state index >= 15 is 0 Å². The Kier molecular flexibility index (Phi) is 6.84. The lowest BCUT2D eigenvalue weighted by atomic mass is 10.2. The van der Waals surface area contributed by atoms with Gasteiger partial charge in [0.15, 0.2) is 0 Å². The van der Waals surface area contributed by atoms with Crippen LogP contribution in [-0.4, -0.2) is 29.2 Å². The highest BCUT2D eigenvalue weighted by Crippen LogP contribution is 2.09. The summed E-state index contributed by atoms with van der Waals surface area (Å²) in [5.74, 6) is -0.477. The van der Waals surface area contributed by atoms with Crippen molar-refractivity contribution in [1.29, 1.82) is 0 Å². The third-order valence-corrected chi connectivity index (χ3v) is 2.72. The van der Waals surface area contributed by atoms with Crippen LogP contribution in [0, 0.1) is 0 Å². The van der Waals surface area contributed by atoms with Gasteiger partial charge in [-0.2, -0.15) is 0 Å². The van der Waals surface area contributed by atoms with Gasteiger partial charge >= 0.3 is 11.9 Å². The lowest BCUT2D eigenvalue weighted by molar-refractivity contribution is -0.143. The van der Waals surface area contributed by atoms with Crippen molar-refractivity contribution in [2.75, 3.05) is 6.61 Å². The highest BCUT2D eigenvalue weighted by atomic mass is 16.5. The molecule has 0 saturated heterocycles. The minimum absolute atomic E-state index is 0.130. The van der Waals surface area contributed by atoms with Gasteiger partial charge in [-0.25, -0.2) is 4.79 Å². The molecule has 0 spiro atoms. The second kappa shape index (κ2) is 8.40. The van der Waals surface area contributed by atoms with E-state index in [1.807, 2.05) is 30.7 Å². The highest BCUT2D eigenvalue weighted by Gasteiger charge is 2.13. The van der Waals surface area contributed by atoms with Crippen LogP contribution in [0.3, 0.4) is 0 Å². The van der Waals surface area contributed by atoms with Gasteiger partial charge in [0.2, 0.25) is 0 Å². The van der Waals surface area contributed by atoms with Gasteiger partial charge in [0.1, 0.15) is 5.69 Å². The number of carbonyl (C=O) groups is 2. The number of carbonyl (C=O) groups excluding carboxylic acids is 2. The summed E-state index contributed by atoms with van der Waals surface area (Å²) in [5, 5.41) is 0. The standard InChI is InChI=1S/C15H23NO4/c1-4-19-14(17)9-5-6-10-16-11-7-8-13(16)15(18)20-12(2)3/h7-8,11-12H,4-6,9-10H2,1-3H3. The average molecular weight is 281 g/mol. The minimum atomic E-state index is -0.310. The van der Waals surface area contributed by atoms with Crippen molar-refractivity contribution >= 4 is 11.9 Å². The van der Waals surface area contributed by atoms with Crippen molar-refractivity contribution in [3.63, 3.8) is 0 Å². The van der Waals surface area contributed by atoms with Crippen LogP contribution in [0.5, 0.6) is 0 Å². The topological polar surface area (TPSA) is 57.5 Å². The van der Waals surface area contributed by atoms with Gasteiger partial charge in [-0.1, -0.05) is 0 Å². The molecule has 1 rings (SSSR count). The van der Waals surface area contributed by atoms with Gasteiger partial charge in [-0.05, 0) is 45.7 Å². The van der Waals surface area contributed by atoms with E-state index in [0.29, 0.717) is 25.3 Å². The molecule has 5 nitrogen and oxygen atoms in total. The van der Waals surface area contributed by atoms with E-state index in [-0.39, 0.29) is 18.0 Å². The quantitative estimate of drug-likeness (QED) is 0.543. The van der Waals surface area contributed by atoms with Crippen molar-refractivity contribution in [1.82, 2.24) is 4.57 Å². The van der Waals surface area contributed by atoms with Crippen LogP contribution >= 0.6 is 0 Å².